The van der Waals surface area contributed by atoms with E-state index in [1.54, 1.807) is 27.3 Å². The quantitative estimate of drug-likeness (QED) is 0.929. The van der Waals surface area contributed by atoms with Crippen molar-refractivity contribution in [2.75, 3.05) is 33.7 Å². The Kier molecular flexibility index (Phi) is 3.80. The van der Waals surface area contributed by atoms with Gasteiger partial charge in [-0.05, 0) is 0 Å². The first-order chi connectivity index (χ1) is 9.15. The summed E-state index contributed by atoms with van der Waals surface area (Å²) in [5.41, 5.74) is 0.538. The van der Waals surface area contributed by atoms with Crippen molar-refractivity contribution in [3.05, 3.63) is 11.1 Å². The minimum Gasteiger partial charge on any atom is -0.493 e. The molecule has 0 unspecified atom stereocenters. The molecule has 19 heavy (non-hydrogen) atoms. The second-order valence-electron chi connectivity index (χ2n) is 3.63. The Morgan fingerprint density at radius 3 is 2.37 bits per heavy atom. The van der Waals surface area contributed by atoms with Gasteiger partial charge < -0.3 is 19.5 Å². The largest absolute Gasteiger partial charge is 0.493 e. The number of benzene rings is 1. The standard InChI is InChI=1S/C12H14ClN3O3/c1-14-11-8-9(15-12(16-11)19-4)6(13)5-7(17-2)10(8)18-3/h5H,1-4H3,(H,14,15,16). The molecule has 0 bridgehead atoms. The van der Waals surface area contributed by atoms with Crippen LogP contribution in [-0.2, 0) is 0 Å². The lowest BCUT2D eigenvalue weighted by Crippen LogP contribution is -2.02. The first kappa shape index (κ1) is 13.5. The zero-order valence-corrected chi connectivity index (χ0v) is 11.8. The van der Waals surface area contributed by atoms with Crippen LogP contribution in [0.3, 0.4) is 0 Å². The number of hydrogen-bond donors (Lipinski definition) is 1. The third kappa shape index (κ3) is 2.19. The van der Waals surface area contributed by atoms with Gasteiger partial charge in [-0.15, -0.1) is 0 Å². The Hall–Kier alpha value is -1.95. The highest BCUT2D eigenvalue weighted by Crippen LogP contribution is 2.42. The number of ether oxygens (including phenoxy) is 3. The van der Waals surface area contributed by atoms with E-state index in [9.17, 15) is 0 Å². The van der Waals surface area contributed by atoms with Gasteiger partial charge in [0.05, 0.1) is 31.7 Å². The lowest BCUT2D eigenvalue weighted by molar-refractivity contribution is 0.358. The van der Waals surface area contributed by atoms with Crippen molar-refractivity contribution in [1.82, 2.24) is 9.97 Å². The Morgan fingerprint density at radius 1 is 1.11 bits per heavy atom. The molecule has 0 saturated heterocycles. The maximum Gasteiger partial charge on any atom is 0.318 e. The molecule has 1 N–H and O–H groups in total. The van der Waals surface area contributed by atoms with E-state index in [2.05, 4.69) is 15.3 Å². The summed E-state index contributed by atoms with van der Waals surface area (Å²) in [6, 6.07) is 1.88. The Bertz CT molecular complexity index is 619. The third-order valence-corrected chi connectivity index (χ3v) is 2.95. The van der Waals surface area contributed by atoms with Gasteiger partial charge in [-0.3, -0.25) is 0 Å². The number of nitrogens with one attached hydrogen (secondary N) is 1. The number of aromatic nitrogens is 2. The van der Waals surface area contributed by atoms with E-state index in [4.69, 9.17) is 25.8 Å². The van der Waals surface area contributed by atoms with Gasteiger partial charge in [0.25, 0.3) is 0 Å². The van der Waals surface area contributed by atoms with Crippen LogP contribution >= 0.6 is 11.6 Å². The Morgan fingerprint density at radius 2 is 1.84 bits per heavy atom. The van der Waals surface area contributed by atoms with Crippen molar-refractivity contribution in [2.24, 2.45) is 0 Å². The SMILES string of the molecule is CNc1nc(OC)nc2c(Cl)cc(OC)c(OC)c12. The van der Waals surface area contributed by atoms with Crippen LogP contribution < -0.4 is 19.5 Å². The molecule has 0 aliphatic rings. The lowest BCUT2D eigenvalue weighted by atomic mass is 10.2. The summed E-state index contributed by atoms with van der Waals surface area (Å²) in [6.45, 7) is 0. The highest BCUT2D eigenvalue weighted by molar-refractivity contribution is 6.36. The van der Waals surface area contributed by atoms with E-state index < -0.39 is 0 Å². The molecule has 0 amide bonds. The highest BCUT2D eigenvalue weighted by Gasteiger charge is 2.19. The summed E-state index contributed by atoms with van der Waals surface area (Å²) in [5.74, 6) is 1.60. The second-order valence-corrected chi connectivity index (χ2v) is 4.03. The molecule has 102 valence electrons. The number of fused-ring (bicyclic) bond motifs is 1. The minimum absolute atomic E-state index is 0.228. The van der Waals surface area contributed by atoms with Crippen molar-refractivity contribution in [3.8, 4) is 17.5 Å². The van der Waals surface area contributed by atoms with Crippen LogP contribution in [0.4, 0.5) is 5.82 Å². The molecule has 1 aromatic carbocycles. The number of nitrogens with zero attached hydrogens (tertiary/aromatic N) is 2. The molecule has 0 saturated carbocycles. The predicted molar refractivity (Wildman–Crippen MR) is 73.8 cm³/mol. The average Bonchev–Trinajstić information content (AvgIpc) is 2.45. The van der Waals surface area contributed by atoms with Gasteiger partial charge in [-0.1, -0.05) is 11.6 Å². The topological polar surface area (TPSA) is 65.5 Å². The molecule has 6 nitrogen and oxygen atoms in total. The van der Waals surface area contributed by atoms with E-state index in [0.717, 1.165) is 0 Å². The number of anilines is 1. The van der Waals surface area contributed by atoms with Crippen molar-refractivity contribution in [1.29, 1.82) is 0 Å². The fourth-order valence-electron chi connectivity index (χ4n) is 1.83. The van der Waals surface area contributed by atoms with Crippen molar-refractivity contribution < 1.29 is 14.2 Å². The van der Waals surface area contributed by atoms with Crippen LogP contribution in [0.2, 0.25) is 5.02 Å². The van der Waals surface area contributed by atoms with Crippen LogP contribution in [-0.4, -0.2) is 38.3 Å². The van der Waals surface area contributed by atoms with Crippen LogP contribution in [0, 0.1) is 0 Å². The van der Waals surface area contributed by atoms with Crippen LogP contribution in [0.5, 0.6) is 17.5 Å². The summed E-state index contributed by atoms with van der Waals surface area (Å²) in [5, 5.41) is 4.06. The Balaban J connectivity index is 2.92. The minimum atomic E-state index is 0.228. The first-order valence-corrected chi connectivity index (χ1v) is 5.88. The maximum atomic E-state index is 6.22. The smallest absolute Gasteiger partial charge is 0.318 e. The summed E-state index contributed by atoms with van der Waals surface area (Å²) in [7, 11) is 6.33. The molecular formula is C12H14ClN3O3. The average molecular weight is 284 g/mol. The number of rotatable bonds is 4. The van der Waals surface area contributed by atoms with Gasteiger partial charge in [0, 0.05) is 13.1 Å². The normalized spacial score (nSPS) is 10.4. The fourth-order valence-corrected chi connectivity index (χ4v) is 2.06. The zero-order chi connectivity index (χ0) is 14.0. The van der Waals surface area contributed by atoms with E-state index in [0.29, 0.717) is 33.2 Å². The molecule has 0 spiro atoms. The summed E-state index contributed by atoms with van der Waals surface area (Å²) < 4.78 is 15.7. The molecular weight excluding hydrogens is 270 g/mol. The monoisotopic (exact) mass is 283 g/mol. The van der Waals surface area contributed by atoms with E-state index >= 15 is 0 Å². The third-order valence-electron chi connectivity index (χ3n) is 2.67. The molecule has 0 radical (unpaired) electrons. The van der Waals surface area contributed by atoms with Crippen LogP contribution in [0.25, 0.3) is 10.9 Å². The van der Waals surface area contributed by atoms with Gasteiger partial charge in [0.1, 0.15) is 11.3 Å². The number of halogens is 1. The van der Waals surface area contributed by atoms with E-state index in [1.165, 1.54) is 7.11 Å². The van der Waals surface area contributed by atoms with Crippen LogP contribution in [0.1, 0.15) is 0 Å². The molecule has 0 aliphatic heterocycles. The van der Waals surface area contributed by atoms with Crippen LogP contribution in [0.15, 0.2) is 6.07 Å². The lowest BCUT2D eigenvalue weighted by Gasteiger charge is -2.14. The molecule has 7 heteroatoms. The van der Waals surface area contributed by atoms with Gasteiger partial charge >= 0.3 is 6.01 Å². The molecule has 1 aromatic heterocycles. The zero-order valence-electron chi connectivity index (χ0n) is 11.1. The van der Waals surface area contributed by atoms with Crippen molar-refractivity contribution in [3.63, 3.8) is 0 Å². The summed E-state index contributed by atoms with van der Waals surface area (Å²) in [4.78, 5) is 8.47. The summed E-state index contributed by atoms with van der Waals surface area (Å²) >= 11 is 6.22. The molecule has 2 rings (SSSR count). The van der Waals surface area contributed by atoms with E-state index in [-0.39, 0.29) is 6.01 Å². The van der Waals surface area contributed by atoms with E-state index in [1.807, 2.05) is 0 Å². The fraction of sp³-hybridized carbons (Fsp3) is 0.333. The predicted octanol–water partition coefficient (Wildman–Crippen LogP) is 2.35. The molecule has 0 fully saturated rings. The van der Waals surface area contributed by atoms with Crippen molar-refractivity contribution in [2.45, 2.75) is 0 Å². The van der Waals surface area contributed by atoms with Gasteiger partial charge in [0.15, 0.2) is 11.5 Å². The first-order valence-electron chi connectivity index (χ1n) is 5.50. The molecule has 0 aliphatic carbocycles. The summed E-state index contributed by atoms with van der Waals surface area (Å²) in [6.07, 6.45) is 0. The molecule has 0 atom stereocenters. The maximum absolute atomic E-state index is 6.22. The number of methoxy groups -OCH3 is 3. The second kappa shape index (κ2) is 5.36. The van der Waals surface area contributed by atoms with Gasteiger partial charge in [-0.2, -0.15) is 9.97 Å². The molecule has 1 heterocycles. The van der Waals surface area contributed by atoms with Gasteiger partial charge in [0.2, 0.25) is 0 Å². The molecule has 2 aromatic rings. The van der Waals surface area contributed by atoms with Gasteiger partial charge in [-0.25, -0.2) is 0 Å². The highest BCUT2D eigenvalue weighted by atomic mass is 35.5. The Labute approximate surface area is 115 Å². The number of hydrogen-bond acceptors (Lipinski definition) is 6. The van der Waals surface area contributed by atoms with Crippen molar-refractivity contribution >= 4 is 28.3 Å².